The van der Waals surface area contributed by atoms with Crippen molar-refractivity contribution in [3.63, 3.8) is 0 Å². The van der Waals surface area contributed by atoms with Gasteiger partial charge in [0.15, 0.2) is 11.6 Å². The van der Waals surface area contributed by atoms with E-state index in [9.17, 15) is 20.2 Å². The maximum Gasteiger partial charge on any atom is 0.288 e. The standard InChI is InChI=1S/C16H9ClN6O3/c17-12-5-4-10(7-13(12)23(25)26)16(24)21-15-11(8-18)9-20-22(15)14-3-1-2-6-19-14/h1-7,9H,(H,21,24). The van der Waals surface area contributed by atoms with Crippen LogP contribution in [0.4, 0.5) is 11.5 Å². The van der Waals surface area contributed by atoms with Crippen molar-refractivity contribution < 1.29 is 9.72 Å². The third-order valence-corrected chi connectivity index (χ3v) is 3.71. The predicted octanol–water partition coefficient (Wildman–Crippen LogP) is 2.95. The zero-order valence-corrected chi connectivity index (χ0v) is 13.7. The van der Waals surface area contributed by atoms with E-state index in [-0.39, 0.29) is 22.0 Å². The van der Waals surface area contributed by atoms with Crippen LogP contribution in [0.25, 0.3) is 5.82 Å². The molecule has 3 aromatic rings. The first-order valence-electron chi connectivity index (χ1n) is 7.16. The summed E-state index contributed by atoms with van der Waals surface area (Å²) in [5.74, 6) is -0.154. The Morgan fingerprint density at radius 2 is 2.15 bits per heavy atom. The number of carbonyl (C=O) groups is 1. The molecule has 0 bridgehead atoms. The van der Waals surface area contributed by atoms with Gasteiger partial charge in [-0.3, -0.25) is 14.9 Å². The number of halogens is 1. The summed E-state index contributed by atoms with van der Waals surface area (Å²) < 4.78 is 1.29. The van der Waals surface area contributed by atoms with E-state index in [1.165, 1.54) is 29.2 Å². The molecule has 0 atom stereocenters. The molecule has 26 heavy (non-hydrogen) atoms. The number of rotatable bonds is 4. The van der Waals surface area contributed by atoms with Gasteiger partial charge in [0.05, 0.1) is 11.1 Å². The molecule has 10 heteroatoms. The van der Waals surface area contributed by atoms with Crippen LogP contribution in [0.15, 0.2) is 48.8 Å². The predicted molar refractivity (Wildman–Crippen MR) is 92.1 cm³/mol. The summed E-state index contributed by atoms with van der Waals surface area (Å²) in [5, 5.41) is 26.7. The fourth-order valence-electron chi connectivity index (χ4n) is 2.18. The van der Waals surface area contributed by atoms with E-state index in [2.05, 4.69) is 15.4 Å². The molecular formula is C16H9ClN6O3. The van der Waals surface area contributed by atoms with Gasteiger partial charge >= 0.3 is 0 Å². The second-order valence-corrected chi connectivity index (χ2v) is 5.40. The van der Waals surface area contributed by atoms with Crippen molar-refractivity contribution in [3.05, 3.63) is 75.1 Å². The zero-order valence-electron chi connectivity index (χ0n) is 13.0. The minimum absolute atomic E-state index is 0.0127. The zero-order chi connectivity index (χ0) is 18.7. The highest BCUT2D eigenvalue weighted by Gasteiger charge is 2.20. The fraction of sp³-hybridized carbons (Fsp3) is 0. The summed E-state index contributed by atoms with van der Waals surface area (Å²) >= 11 is 5.75. The molecule has 0 spiro atoms. The molecule has 3 rings (SSSR count). The normalized spacial score (nSPS) is 10.2. The van der Waals surface area contributed by atoms with E-state index in [4.69, 9.17) is 11.6 Å². The van der Waals surface area contributed by atoms with Crippen LogP contribution in [0.1, 0.15) is 15.9 Å². The number of nitrogens with one attached hydrogen (secondary N) is 1. The van der Waals surface area contributed by atoms with Gasteiger partial charge in [-0.2, -0.15) is 15.0 Å². The number of benzene rings is 1. The van der Waals surface area contributed by atoms with E-state index >= 15 is 0 Å². The van der Waals surface area contributed by atoms with Crippen molar-refractivity contribution in [1.82, 2.24) is 14.8 Å². The van der Waals surface area contributed by atoms with E-state index in [1.54, 1.807) is 18.2 Å². The number of pyridine rings is 1. The van der Waals surface area contributed by atoms with Crippen LogP contribution in [0.2, 0.25) is 5.02 Å². The Balaban J connectivity index is 1.98. The number of amides is 1. The monoisotopic (exact) mass is 368 g/mol. The van der Waals surface area contributed by atoms with Crippen LogP contribution < -0.4 is 5.32 Å². The maximum atomic E-state index is 12.5. The van der Waals surface area contributed by atoms with E-state index in [0.29, 0.717) is 5.82 Å². The number of anilines is 1. The van der Waals surface area contributed by atoms with E-state index < -0.39 is 16.5 Å². The summed E-state index contributed by atoms with van der Waals surface area (Å²) in [6.45, 7) is 0. The third-order valence-electron chi connectivity index (χ3n) is 3.39. The number of aromatic nitrogens is 3. The number of carbonyl (C=O) groups excluding carboxylic acids is 1. The Labute approximate surface area is 151 Å². The fourth-order valence-corrected chi connectivity index (χ4v) is 2.36. The number of nitro groups is 1. The van der Waals surface area contributed by atoms with Crippen molar-refractivity contribution >= 4 is 29.0 Å². The molecule has 2 aromatic heterocycles. The van der Waals surface area contributed by atoms with Gasteiger partial charge in [-0.1, -0.05) is 17.7 Å². The van der Waals surface area contributed by atoms with Gasteiger partial charge in [-0.15, -0.1) is 0 Å². The van der Waals surface area contributed by atoms with Crippen LogP contribution in [0.5, 0.6) is 0 Å². The Kier molecular flexibility index (Phi) is 4.59. The van der Waals surface area contributed by atoms with Crippen molar-refractivity contribution in [3.8, 4) is 11.9 Å². The number of hydrogen-bond donors (Lipinski definition) is 1. The van der Waals surface area contributed by atoms with Gasteiger partial charge in [0, 0.05) is 17.8 Å². The van der Waals surface area contributed by atoms with Gasteiger partial charge in [-0.05, 0) is 24.3 Å². The molecule has 128 valence electrons. The molecule has 0 saturated carbocycles. The van der Waals surface area contributed by atoms with Gasteiger partial charge in [0.1, 0.15) is 16.7 Å². The molecule has 0 aliphatic heterocycles. The van der Waals surface area contributed by atoms with Crippen molar-refractivity contribution in [2.24, 2.45) is 0 Å². The van der Waals surface area contributed by atoms with Gasteiger partial charge in [0.2, 0.25) is 0 Å². The Morgan fingerprint density at radius 1 is 1.35 bits per heavy atom. The quantitative estimate of drug-likeness (QED) is 0.557. The molecule has 0 fully saturated rings. The van der Waals surface area contributed by atoms with E-state index in [1.807, 2.05) is 6.07 Å². The highest BCUT2D eigenvalue weighted by Crippen LogP contribution is 2.26. The topological polar surface area (TPSA) is 127 Å². The molecule has 0 saturated heterocycles. The average molecular weight is 369 g/mol. The summed E-state index contributed by atoms with van der Waals surface area (Å²) in [6, 6.07) is 10.7. The lowest BCUT2D eigenvalue weighted by molar-refractivity contribution is -0.384. The molecule has 1 amide bonds. The second kappa shape index (κ2) is 7.00. The average Bonchev–Trinajstić information content (AvgIpc) is 3.05. The lowest BCUT2D eigenvalue weighted by atomic mass is 10.2. The lowest BCUT2D eigenvalue weighted by Gasteiger charge is -2.09. The minimum Gasteiger partial charge on any atom is -0.305 e. The maximum absolute atomic E-state index is 12.5. The van der Waals surface area contributed by atoms with E-state index in [0.717, 1.165) is 6.07 Å². The highest BCUT2D eigenvalue weighted by molar-refractivity contribution is 6.32. The molecule has 1 N–H and O–H groups in total. The number of nitriles is 1. The Bertz CT molecular complexity index is 1040. The molecule has 2 heterocycles. The molecule has 0 radical (unpaired) electrons. The molecule has 1 aromatic carbocycles. The Morgan fingerprint density at radius 3 is 2.81 bits per heavy atom. The van der Waals surface area contributed by atoms with Gasteiger partial charge < -0.3 is 5.32 Å². The minimum atomic E-state index is -0.683. The van der Waals surface area contributed by atoms with Crippen molar-refractivity contribution in [1.29, 1.82) is 5.26 Å². The molecule has 9 nitrogen and oxygen atoms in total. The summed E-state index contributed by atoms with van der Waals surface area (Å²) in [6.07, 6.45) is 2.83. The summed E-state index contributed by atoms with van der Waals surface area (Å²) in [5.41, 5.74) is -0.260. The second-order valence-electron chi connectivity index (χ2n) is 5.00. The number of hydrogen-bond acceptors (Lipinski definition) is 6. The molecule has 0 aliphatic rings. The van der Waals surface area contributed by atoms with Gasteiger partial charge in [-0.25, -0.2) is 4.98 Å². The largest absolute Gasteiger partial charge is 0.305 e. The van der Waals surface area contributed by atoms with Crippen LogP contribution in [0.3, 0.4) is 0 Å². The Hall–Kier alpha value is -3.77. The van der Waals surface area contributed by atoms with Crippen LogP contribution in [-0.2, 0) is 0 Å². The first-order valence-corrected chi connectivity index (χ1v) is 7.54. The van der Waals surface area contributed by atoms with Gasteiger partial charge in [0.25, 0.3) is 11.6 Å². The third kappa shape index (κ3) is 3.22. The van der Waals surface area contributed by atoms with Crippen LogP contribution in [0, 0.1) is 21.4 Å². The summed E-state index contributed by atoms with van der Waals surface area (Å²) in [4.78, 5) is 26.9. The number of nitrogens with zero attached hydrogens (tertiary/aromatic N) is 5. The smallest absolute Gasteiger partial charge is 0.288 e. The molecular weight excluding hydrogens is 360 g/mol. The molecule has 0 aliphatic carbocycles. The van der Waals surface area contributed by atoms with Crippen molar-refractivity contribution in [2.45, 2.75) is 0 Å². The van der Waals surface area contributed by atoms with Crippen LogP contribution >= 0.6 is 11.6 Å². The highest BCUT2D eigenvalue weighted by atomic mass is 35.5. The van der Waals surface area contributed by atoms with Crippen molar-refractivity contribution in [2.75, 3.05) is 5.32 Å². The SMILES string of the molecule is N#Cc1cnn(-c2ccccn2)c1NC(=O)c1ccc(Cl)c([N+](=O)[O-])c1. The number of nitro benzene ring substituents is 1. The van der Waals surface area contributed by atoms with Crippen LogP contribution in [-0.4, -0.2) is 25.6 Å². The first kappa shape index (κ1) is 17.1. The lowest BCUT2D eigenvalue weighted by Crippen LogP contribution is -2.16. The first-order chi connectivity index (χ1) is 12.5. The summed E-state index contributed by atoms with van der Waals surface area (Å²) in [7, 11) is 0. The molecule has 0 unspecified atom stereocenters.